The predicted octanol–water partition coefficient (Wildman–Crippen LogP) is 2.85. The van der Waals surface area contributed by atoms with E-state index in [1.54, 1.807) is 0 Å². The summed E-state index contributed by atoms with van der Waals surface area (Å²) < 4.78 is 40.1. The van der Waals surface area contributed by atoms with Crippen molar-refractivity contribution in [2.45, 2.75) is 38.4 Å². The zero-order chi connectivity index (χ0) is 14.8. The number of nitrogens with zero attached hydrogens (tertiary/aromatic N) is 1. The topological polar surface area (TPSA) is 45.7 Å². The Hall–Kier alpha value is -0.510. The molecule has 0 aromatic rings. The lowest BCUT2D eigenvalue weighted by atomic mass is 10.2. The van der Waals surface area contributed by atoms with Gasteiger partial charge >= 0.3 is 6.18 Å². The summed E-state index contributed by atoms with van der Waals surface area (Å²) >= 11 is 0. The van der Waals surface area contributed by atoms with Crippen LogP contribution in [0.25, 0.3) is 0 Å². The van der Waals surface area contributed by atoms with E-state index in [1.165, 1.54) is 0 Å². The van der Waals surface area contributed by atoms with Crippen LogP contribution < -0.4 is 10.6 Å². The van der Waals surface area contributed by atoms with Crippen molar-refractivity contribution >= 4 is 29.9 Å². The zero-order valence-corrected chi connectivity index (χ0v) is 14.4. The van der Waals surface area contributed by atoms with E-state index in [-0.39, 0.29) is 30.6 Å². The molecule has 0 saturated heterocycles. The van der Waals surface area contributed by atoms with Crippen LogP contribution in [0.4, 0.5) is 13.2 Å². The van der Waals surface area contributed by atoms with Crippen LogP contribution in [0.2, 0.25) is 0 Å². The number of hydrogen-bond donors (Lipinski definition) is 2. The maximum atomic E-state index is 11.8. The van der Waals surface area contributed by atoms with E-state index in [0.717, 1.165) is 19.4 Å². The molecule has 124 valence electrons. The first-order valence-corrected chi connectivity index (χ1v) is 6.85. The smallest absolute Gasteiger partial charge is 0.372 e. The first-order valence-electron chi connectivity index (χ1n) is 6.85. The van der Waals surface area contributed by atoms with Crippen LogP contribution in [0.3, 0.4) is 0 Å². The van der Waals surface area contributed by atoms with Gasteiger partial charge in [-0.05, 0) is 26.2 Å². The Balaban J connectivity index is 0.00000400. The Kier molecular flexibility index (Phi) is 10.8. The second-order valence-corrected chi connectivity index (χ2v) is 4.57. The monoisotopic (exact) mass is 421 g/mol. The van der Waals surface area contributed by atoms with E-state index in [1.807, 2.05) is 6.92 Å². The van der Waals surface area contributed by atoms with E-state index < -0.39 is 12.8 Å². The van der Waals surface area contributed by atoms with Gasteiger partial charge in [-0.1, -0.05) is 12.2 Å². The lowest BCUT2D eigenvalue weighted by Crippen LogP contribution is -2.42. The van der Waals surface area contributed by atoms with Crippen LogP contribution in [-0.2, 0) is 4.74 Å². The number of hydrogen-bond acceptors (Lipinski definition) is 2. The third-order valence-corrected chi connectivity index (χ3v) is 2.68. The minimum Gasteiger partial charge on any atom is -0.372 e. The van der Waals surface area contributed by atoms with Crippen molar-refractivity contribution in [3.05, 3.63) is 12.2 Å². The van der Waals surface area contributed by atoms with Gasteiger partial charge in [0.2, 0.25) is 0 Å². The number of ether oxygens (including phenoxy) is 1. The molecular weight excluding hydrogens is 398 g/mol. The minimum atomic E-state index is -4.25. The highest BCUT2D eigenvalue weighted by atomic mass is 127. The average Bonchev–Trinajstić information content (AvgIpc) is 2.85. The molecule has 21 heavy (non-hydrogen) atoms. The standard InChI is InChI=1S/C13H22F3N3O.HI/c1-2-17-12(19-11-6-3-4-7-11)18-8-5-9-20-10-13(14,15)16;/h3-4,11H,2,5-10H2,1H3,(H2,17,18,19);1H. The lowest BCUT2D eigenvalue weighted by molar-refractivity contribution is -0.173. The molecule has 1 rings (SSSR count). The van der Waals surface area contributed by atoms with Gasteiger partial charge in [-0.3, -0.25) is 4.99 Å². The van der Waals surface area contributed by atoms with Crippen molar-refractivity contribution in [1.82, 2.24) is 10.6 Å². The molecule has 0 fully saturated rings. The van der Waals surface area contributed by atoms with Gasteiger partial charge in [0, 0.05) is 25.7 Å². The van der Waals surface area contributed by atoms with Crippen LogP contribution in [0, 0.1) is 0 Å². The van der Waals surface area contributed by atoms with Gasteiger partial charge in [0.25, 0.3) is 0 Å². The van der Waals surface area contributed by atoms with Crippen molar-refractivity contribution in [2.75, 3.05) is 26.3 Å². The third kappa shape index (κ3) is 10.8. The van der Waals surface area contributed by atoms with Crippen molar-refractivity contribution in [3.8, 4) is 0 Å². The number of nitrogens with one attached hydrogen (secondary N) is 2. The number of rotatable bonds is 7. The molecular formula is C13H23F3IN3O. The Bertz CT molecular complexity index is 327. The summed E-state index contributed by atoms with van der Waals surface area (Å²) in [5.41, 5.74) is 0. The Labute approximate surface area is 140 Å². The maximum absolute atomic E-state index is 11.8. The van der Waals surface area contributed by atoms with Gasteiger partial charge in [0.05, 0.1) is 0 Å². The normalized spacial score (nSPS) is 15.9. The summed E-state index contributed by atoms with van der Waals surface area (Å²) in [5.74, 6) is 0.706. The Morgan fingerprint density at radius 1 is 1.33 bits per heavy atom. The second-order valence-electron chi connectivity index (χ2n) is 4.57. The molecule has 0 saturated carbocycles. The zero-order valence-electron chi connectivity index (χ0n) is 12.1. The number of halogens is 4. The van der Waals surface area contributed by atoms with Crippen LogP contribution in [0.15, 0.2) is 17.1 Å². The summed E-state index contributed by atoms with van der Waals surface area (Å²) in [5, 5.41) is 6.40. The van der Waals surface area contributed by atoms with Crippen LogP contribution in [-0.4, -0.2) is 44.5 Å². The Morgan fingerprint density at radius 2 is 2.00 bits per heavy atom. The molecule has 4 nitrogen and oxygen atoms in total. The fourth-order valence-electron chi connectivity index (χ4n) is 1.79. The molecule has 8 heteroatoms. The quantitative estimate of drug-likeness (QED) is 0.219. The van der Waals surface area contributed by atoms with Gasteiger partial charge in [-0.2, -0.15) is 13.2 Å². The molecule has 0 atom stereocenters. The SMILES string of the molecule is CCNC(=NCCCOCC(F)(F)F)NC1CC=CC1.I. The number of aliphatic imine (C=N–C) groups is 1. The van der Waals surface area contributed by atoms with Gasteiger partial charge in [-0.25, -0.2) is 0 Å². The van der Waals surface area contributed by atoms with Gasteiger partial charge in [0.1, 0.15) is 6.61 Å². The molecule has 0 aromatic carbocycles. The second kappa shape index (κ2) is 11.1. The average molecular weight is 421 g/mol. The fourth-order valence-corrected chi connectivity index (χ4v) is 1.79. The van der Waals surface area contributed by atoms with E-state index >= 15 is 0 Å². The van der Waals surface area contributed by atoms with Crippen LogP contribution in [0.5, 0.6) is 0 Å². The highest BCUT2D eigenvalue weighted by Crippen LogP contribution is 2.14. The number of alkyl halides is 3. The molecule has 0 amide bonds. The molecule has 2 N–H and O–H groups in total. The highest BCUT2D eigenvalue weighted by Gasteiger charge is 2.27. The summed E-state index contributed by atoms with van der Waals surface area (Å²) in [6.45, 7) is 2.02. The highest BCUT2D eigenvalue weighted by molar-refractivity contribution is 14.0. The first-order chi connectivity index (χ1) is 9.51. The third-order valence-electron chi connectivity index (χ3n) is 2.68. The Morgan fingerprint density at radius 3 is 2.57 bits per heavy atom. The maximum Gasteiger partial charge on any atom is 0.411 e. The molecule has 0 unspecified atom stereocenters. The van der Waals surface area contributed by atoms with Crippen molar-refractivity contribution in [2.24, 2.45) is 4.99 Å². The molecule has 0 aromatic heterocycles. The molecule has 0 bridgehead atoms. The van der Waals surface area contributed by atoms with Crippen molar-refractivity contribution in [1.29, 1.82) is 0 Å². The molecule has 0 heterocycles. The molecule has 0 aliphatic heterocycles. The van der Waals surface area contributed by atoms with Crippen LogP contribution in [0.1, 0.15) is 26.2 Å². The minimum absolute atomic E-state index is 0. The van der Waals surface area contributed by atoms with E-state index in [9.17, 15) is 13.2 Å². The molecule has 0 spiro atoms. The van der Waals surface area contributed by atoms with E-state index in [4.69, 9.17) is 0 Å². The molecule has 1 aliphatic carbocycles. The van der Waals surface area contributed by atoms with Crippen molar-refractivity contribution in [3.63, 3.8) is 0 Å². The van der Waals surface area contributed by atoms with Crippen molar-refractivity contribution < 1.29 is 17.9 Å². The van der Waals surface area contributed by atoms with Gasteiger partial charge in [-0.15, -0.1) is 24.0 Å². The van der Waals surface area contributed by atoms with Crippen LogP contribution >= 0.6 is 24.0 Å². The summed E-state index contributed by atoms with van der Waals surface area (Å²) in [6.07, 6.45) is 2.39. The van der Waals surface area contributed by atoms with E-state index in [0.29, 0.717) is 25.0 Å². The fraction of sp³-hybridized carbons (Fsp3) is 0.769. The van der Waals surface area contributed by atoms with Gasteiger partial charge < -0.3 is 15.4 Å². The largest absolute Gasteiger partial charge is 0.411 e. The van der Waals surface area contributed by atoms with Gasteiger partial charge in [0.15, 0.2) is 5.96 Å². The van der Waals surface area contributed by atoms with E-state index in [2.05, 4.69) is 32.5 Å². The summed E-state index contributed by atoms with van der Waals surface area (Å²) in [7, 11) is 0. The summed E-state index contributed by atoms with van der Waals surface area (Å²) in [4.78, 5) is 4.32. The first kappa shape index (κ1) is 20.5. The molecule has 0 radical (unpaired) electrons. The molecule has 1 aliphatic rings. The lowest BCUT2D eigenvalue weighted by Gasteiger charge is -2.16. The predicted molar refractivity (Wildman–Crippen MR) is 88.2 cm³/mol. The summed E-state index contributed by atoms with van der Waals surface area (Å²) in [6, 6.07) is 0.356. The number of guanidine groups is 1.